The number of amidine groups is 1. The van der Waals surface area contributed by atoms with Gasteiger partial charge in [-0.3, -0.25) is 5.32 Å². The maximum atomic E-state index is 11.1. The fourth-order valence-electron chi connectivity index (χ4n) is 1.10. The van der Waals surface area contributed by atoms with Crippen LogP contribution in [0.4, 0.5) is 5.69 Å². The second kappa shape index (κ2) is 6.27. The summed E-state index contributed by atoms with van der Waals surface area (Å²) in [4.78, 5) is 15.2. The second-order valence-corrected chi connectivity index (χ2v) is 4.45. The molecular weight excluding hydrogens is 306 g/mol. The summed E-state index contributed by atoms with van der Waals surface area (Å²) >= 11 is 4.38. The van der Waals surface area contributed by atoms with Crippen molar-refractivity contribution >= 4 is 44.5 Å². The molecule has 5 nitrogen and oxygen atoms in total. The molecule has 0 aliphatic carbocycles. The van der Waals surface area contributed by atoms with Gasteiger partial charge in [0, 0.05) is 4.47 Å². The van der Waals surface area contributed by atoms with E-state index in [1.807, 2.05) is 0 Å². The summed E-state index contributed by atoms with van der Waals surface area (Å²) in [6, 6.07) is 4.88. The van der Waals surface area contributed by atoms with Crippen molar-refractivity contribution in [2.75, 3.05) is 6.26 Å². The van der Waals surface area contributed by atoms with Crippen molar-refractivity contribution in [1.29, 1.82) is 5.26 Å². The maximum absolute atomic E-state index is 11.1. The third kappa shape index (κ3) is 3.47. The Morgan fingerprint density at radius 1 is 1.65 bits per heavy atom. The number of aromatic carboxylic acids is 1. The van der Waals surface area contributed by atoms with Crippen LogP contribution in [-0.2, 0) is 0 Å². The Hall–Kier alpha value is -1.52. The van der Waals surface area contributed by atoms with Crippen LogP contribution in [0.1, 0.15) is 10.4 Å². The van der Waals surface area contributed by atoms with Crippen LogP contribution in [0, 0.1) is 11.5 Å². The van der Waals surface area contributed by atoms with Crippen molar-refractivity contribution in [1.82, 2.24) is 5.32 Å². The molecule has 0 saturated carbocycles. The summed E-state index contributed by atoms with van der Waals surface area (Å²) in [7, 11) is 0. The molecule has 17 heavy (non-hydrogen) atoms. The van der Waals surface area contributed by atoms with Crippen LogP contribution < -0.4 is 5.32 Å². The van der Waals surface area contributed by atoms with Gasteiger partial charge in [0.2, 0.25) is 0 Å². The van der Waals surface area contributed by atoms with E-state index in [4.69, 9.17) is 10.4 Å². The van der Waals surface area contributed by atoms with Gasteiger partial charge in [0.05, 0.1) is 11.3 Å². The highest BCUT2D eigenvalue weighted by molar-refractivity contribution is 9.10. The van der Waals surface area contributed by atoms with E-state index in [0.29, 0.717) is 15.3 Å². The molecule has 0 unspecified atom stereocenters. The number of hydrogen-bond acceptors (Lipinski definition) is 4. The first-order chi connectivity index (χ1) is 8.10. The predicted octanol–water partition coefficient (Wildman–Crippen LogP) is 2.57. The first kappa shape index (κ1) is 13.5. The van der Waals surface area contributed by atoms with Gasteiger partial charge in [0.25, 0.3) is 0 Å². The largest absolute Gasteiger partial charge is 0.478 e. The van der Waals surface area contributed by atoms with E-state index in [1.54, 1.807) is 30.6 Å². The number of hydrogen-bond donors (Lipinski definition) is 2. The molecule has 1 aromatic carbocycles. The van der Waals surface area contributed by atoms with Crippen LogP contribution in [0.3, 0.4) is 0 Å². The van der Waals surface area contributed by atoms with Gasteiger partial charge in [-0.05, 0) is 34.3 Å². The van der Waals surface area contributed by atoms with E-state index < -0.39 is 5.97 Å². The summed E-state index contributed by atoms with van der Waals surface area (Å²) in [5.41, 5.74) is 0.359. The van der Waals surface area contributed by atoms with Crippen molar-refractivity contribution < 1.29 is 9.90 Å². The third-order valence-electron chi connectivity index (χ3n) is 1.78. The highest BCUT2D eigenvalue weighted by atomic mass is 79.9. The Labute approximate surface area is 111 Å². The Morgan fingerprint density at radius 3 is 2.88 bits per heavy atom. The van der Waals surface area contributed by atoms with Crippen LogP contribution in [0.15, 0.2) is 27.7 Å². The van der Waals surface area contributed by atoms with Gasteiger partial charge in [-0.25, -0.2) is 9.79 Å². The van der Waals surface area contributed by atoms with Gasteiger partial charge < -0.3 is 5.11 Å². The van der Waals surface area contributed by atoms with Gasteiger partial charge >= 0.3 is 5.97 Å². The van der Waals surface area contributed by atoms with Gasteiger partial charge in [-0.1, -0.05) is 17.8 Å². The number of nitrogens with zero attached hydrogens (tertiary/aromatic N) is 2. The van der Waals surface area contributed by atoms with Crippen molar-refractivity contribution in [3.05, 3.63) is 28.2 Å². The Bertz CT molecular complexity index is 511. The van der Waals surface area contributed by atoms with E-state index in [2.05, 4.69) is 26.2 Å². The quantitative estimate of drug-likeness (QED) is 0.379. The Kier molecular flexibility index (Phi) is 5.00. The number of nitriles is 1. The van der Waals surface area contributed by atoms with Crippen molar-refractivity contribution in [3.8, 4) is 6.19 Å². The molecule has 1 rings (SSSR count). The first-order valence-electron chi connectivity index (χ1n) is 4.39. The highest BCUT2D eigenvalue weighted by Crippen LogP contribution is 2.27. The first-order valence-corrected chi connectivity index (χ1v) is 6.41. The van der Waals surface area contributed by atoms with Crippen molar-refractivity contribution in [3.63, 3.8) is 0 Å². The van der Waals surface area contributed by atoms with E-state index >= 15 is 0 Å². The molecule has 0 heterocycles. The topological polar surface area (TPSA) is 85.5 Å². The molecule has 0 amide bonds. The molecule has 0 saturated heterocycles. The number of nitrogens with one attached hydrogen (secondary N) is 1. The minimum atomic E-state index is -1.08. The SMILES string of the molecule is CSC(=Nc1cccc(Br)c1C(=O)O)NC#N. The molecule has 0 bridgehead atoms. The normalized spacial score (nSPS) is 10.8. The lowest BCUT2D eigenvalue weighted by atomic mass is 10.2. The zero-order chi connectivity index (χ0) is 12.8. The summed E-state index contributed by atoms with van der Waals surface area (Å²) < 4.78 is 0.448. The van der Waals surface area contributed by atoms with Crippen LogP contribution in [0.2, 0.25) is 0 Å². The molecule has 0 spiro atoms. The average molecular weight is 314 g/mol. The number of thioether (sulfide) groups is 1. The molecule has 0 radical (unpaired) electrons. The van der Waals surface area contributed by atoms with E-state index in [1.165, 1.54) is 11.8 Å². The lowest BCUT2D eigenvalue weighted by Crippen LogP contribution is -2.13. The summed E-state index contributed by atoms with van der Waals surface area (Å²) in [5, 5.41) is 20.3. The number of benzene rings is 1. The second-order valence-electron chi connectivity index (χ2n) is 2.80. The van der Waals surface area contributed by atoms with Gasteiger partial charge in [0.15, 0.2) is 11.4 Å². The molecule has 0 aliphatic heterocycles. The lowest BCUT2D eigenvalue weighted by molar-refractivity contribution is 0.0697. The monoisotopic (exact) mass is 313 g/mol. The fourth-order valence-corrected chi connectivity index (χ4v) is 1.96. The molecule has 1 aromatic rings. The Morgan fingerprint density at radius 2 is 2.35 bits per heavy atom. The zero-order valence-corrected chi connectivity index (χ0v) is 11.2. The number of aliphatic imine (C=N–C) groups is 1. The fraction of sp³-hybridized carbons (Fsp3) is 0.100. The summed E-state index contributed by atoms with van der Waals surface area (Å²) in [6.07, 6.45) is 3.48. The smallest absolute Gasteiger partial charge is 0.339 e. The minimum Gasteiger partial charge on any atom is -0.478 e. The van der Waals surface area contributed by atoms with Crippen LogP contribution in [-0.4, -0.2) is 22.5 Å². The summed E-state index contributed by atoms with van der Waals surface area (Å²) in [5.74, 6) is -1.08. The molecule has 2 N–H and O–H groups in total. The van der Waals surface area contributed by atoms with Crippen LogP contribution in [0.25, 0.3) is 0 Å². The maximum Gasteiger partial charge on any atom is 0.339 e. The number of carboxylic acids is 1. The minimum absolute atomic E-state index is 0.0683. The number of carboxylic acid groups (broad SMARTS) is 1. The van der Waals surface area contributed by atoms with Gasteiger partial charge in [-0.2, -0.15) is 5.26 Å². The van der Waals surface area contributed by atoms with Gasteiger partial charge in [0.1, 0.15) is 0 Å². The molecule has 0 aliphatic rings. The van der Waals surface area contributed by atoms with E-state index in [9.17, 15) is 4.79 Å². The lowest BCUT2D eigenvalue weighted by Gasteiger charge is -2.05. The van der Waals surface area contributed by atoms with Gasteiger partial charge in [-0.15, -0.1) is 0 Å². The zero-order valence-electron chi connectivity index (χ0n) is 8.77. The summed E-state index contributed by atoms with van der Waals surface area (Å²) in [6.45, 7) is 0. The molecular formula is C10H8BrN3O2S. The van der Waals surface area contributed by atoms with Crippen LogP contribution in [0.5, 0.6) is 0 Å². The standard InChI is InChI=1S/C10H8BrN3O2S/c1-17-10(13-5-12)14-7-4-2-3-6(11)8(7)9(15)16/h2-4H,1H3,(H,13,14)(H,15,16). The van der Waals surface area contributed by atoms with Crippen molar-refractivity contribution in [2.24, 2.45) is 4.99 Å². The van der Waals surface area contributed by atoms with E-state index in [0.717, 1.165) is 0 Å². The molecule has 0 fully saturated rings. The highest BCUT2D eigenvalue weighted by Gasteiger charge is 2.14. The molecule has 0 atom stereocenters. The van der Waals surface area contributed by atoms with E-state index in [-0.39, 0.29) is 5.56 Å². The number of carbonyl (C=O) groups is 1. The molecule has 88 valence electrons. The number of halogens is 1. The number of rotatable bonds is 2. The third-order valence-corrected chi connectivity index (χ3v) is 3.02. The average Bonchev–Trinajstić information content (AvgIpc) is 2.28. The predicted molar refractivity (Wildman–Crippen MR) is 70.5 cm³/mol. The molecule has 7 heteroatoms. The van der Waals surface area contributed by atoms with Crippen molar-refractivity contribution in [2.45, 2.75) is 0 Å². The molecule has 0 aromatic heterocycles. The van der Waals surface area contributed by atoms with Crippen LogP contribution >= 0.6 is 27.7 Å². The Balaban J connectivity index is 3.27.